The molecule has 0 aliphatic carbocycles. The van der Waals surface area contributed by atoms with Crippen molar-refractivity contribution in [3.05, 3.63) is 47.2 Å². The Labute approximate surface area is 163 Å². The number of furan rings is 1. The van der Waals surface area contributed by atoms with E-state index in [0.717, 1.165) is 73.6 Å². The van der Waals surface area contributed by atoms with Crippen LogP contribution in [-0.4, -0.2) is 51.8 Å². The summed E-state index contributed by atoms with van der Waals surface area (Å²) in [6.07, 6.45) is 2.91. The maximum Gasteiger partial charge on any atom is 0.289 e. The zero-order valence-electron chi connectivity index (χ0n) is 16.1. The Morgan fingerprint density at radius 3 is 3.00 bits per heavy atom. The molecule has 7 nitrogen and oxygen atoms in total. The third kappa shape index (κ3) is 2.90. The summed E-state index contributed by atoms with van der Waals surface area (Å²) in [5, 5.41) is 13.3. The summed E-state index contributed by atoms with van der Waals surface area (Å²) < 4.78 is 8.17. The minimum atomic E-state index is -0.0179. The van der Waals surface area contributed by atoms with Gasteiger partial charge in [0.1, 0.15) is 17.2 Å². The number of likely N-dealkylation sites (tertiary alicyclic amines) is 1. The number of rotatable bonds is 2. The van der Waals surface area contributed by atoms with Gasteiger partial charge in [-0.3, -0.25) is 4.79 Å². The van der Waals surface area contributed by atoms with E-state index in [0.29, 0.717) is 12.3 Å². The number of nitrogens with zero attached hydrogens (tertiary/aromatic N) is 4. The lowest BCUT2D eigenvalue weighted by molar-refractivity contribution is 0.0672. The first-order valence-corrected chi connectivity index (χ1v) is 10.1. The van der Waals surface area contributed by atoms with E-state index in [4.69, 9.17) is 4.42 Å². The quantitative estimate of drug-likeness (QED) is 0.740. The zero-order chi connectivity index (χ0) is 19.1. The molecule has 0 radical (unpaired) electrons. The molecule has 0 bridgehead atoms. The Morgan fingerprint density at radius 1 is 1.21 bits per heavy atom. The van der Waals surface area contributed by atoms with Gasteiger partial charge in [-0.2, -0.15) is 0 Å². The second kappa shape index (κ2) is 7.05. The summed E-state index contributed by atoms with van der Waals surface area (Å²) in [6, 6.07) is 7.82. The van der Waals surface area contributed by atoms with Crippen molar-refractivity contribution in [1.82, 2.24) is 25.0 Å². The van der Waals surface area contributed by atoms with Crippen molar-refractivity contribution >= 4 is 16.9 Å². The largest absolute Gasteiger partial charge is 0.451 e. The van der Waals surface area contributed by atoms with Crippen LogP contribution in [0.3, 0.4) is 0 Å². The van der Waals surface area contributed by atoms with Gasteiger partial charge in [0.2, 0.25) is 0 Å². The summed E-state index contributed by atoms with van der Waals surface area (Å²) in [5.74, 6) is 2.75. The molecule has 0 unspecified atom stereocenters. The number of carbonyl (C=O) groups excluding carboxylic acids is 1. The molecule has 1 amide bonds. The first kappa shape index (κ1) is 17.4. The number of carbonyl (C=O) groups is 1. The van der Waals surface area contributed by atoms with Gasteiger partial charge in [0, 0.05) is 56.0 Å². The molecule has 2 aromatic heterocycles. The molecule has 3 aromatic rings. The molecular formula is C21H25N5O2. The van der Waals surface area contributed by atoms with Gasteiger partial charge in [-0.15, -0.1) is 10.2 Å². The normalized spacial score (nSPS) is 20.2. The van der Waals surface area contributed by atoms with Gasteiger partial charge in [-0.05, 0) is 25.8 Å². The number of piperidine rings is 1. The molecule has 146 valence electrons. The van der Waals surface area contributed by atoms with Gasteiger partial charge in [-0.1, -0.05) is 18.2 Å². The smallest absolute Gasteiger partial charge is 0.289 e. The van der Waals surface area contributed by atoms with Gasteiger partial charge in [0.25, 0.3) is 5.91 Å². The second-order valence-corrected chi connectivity index (χ2v) is 7.77. The number of aromatic nitrogens is 3. The summed E-state index contributed by atoms with van der Waals surface area (Å²) in [4.78, 5) is 15.2. The summed E-state index contributed by atoms with van der Waals surface area (Å²) in [5.41, 5.74) is 1.69. The third-order valence-corrected chi connectivity index (χ3v) is 6.01. The van der Waals surface area contributed by atoms with Crippen LogP contribution in [0.2, 0.25) is 0 Å². The Hall–Kier alpha value is -2.67. The maximum atomic E-state index is 13.2. The fourth-order valence-corrected chi connectivity index (χ4v) is 4.49. The maximum absolute atomic E-state index is 13.2. The predicted octanol–water partition coefficient (Wildman–Crippen LogP) is 2.50. The van der Waals surface area contributed by atoms with E-state index < -0.39 is 0 Å². The lowest BCUT2D eigenvalue weighted by atomic mass is 9.96. The molecule has 0 spiro atoms. The van der Waals surface area contributed by atoms with Crippen LogP contribution in [0.25, 0.3) is 11.0 Å². The lowest BCUT2D eigenvalue weighted by Gasteiger charge is -2.32. The van der Waals surface area contributed by atoms with Crippen molar-refractivity contribution < 1.29 is 9.21 Å². The van der Waals surface area contributed by atoms with E-state index >= 15 is 0 Å². The molecule has 7 heteroatoms. The highest BCUT2D eigenvalue weighted by molar-refractivity contribution is 5.99. The Morgan fingerprint density at radius 2 is 2.11 bits per heavy atom. The van der Waals surface area contributed by atoms with Gasteiger partial charge in [0.15, 0.2) is 5.76 Å². The van der Waals surface area contributed by atoms with Gasteiger partial charge in [-0.25, -0.2) is 0 Å². The fourth-order valence-electron chi connectivity index (χ4n) is 4.49. The van der Waals surface area contributed by atoms with Crippen LogP contribution >= 0.6 is 0 Å². The van der Waals surface area contributed by atoms with Crippen molar-refractivity contribution in [2.24, 2.45) is 0 Å². The van der Waals surface area contributed by atoms with E-state index in [-0.39, 0.29) is 11.8 Å². The highest BCUT2D eigenvalue weighted by Gasteiger charge is 2.31. The molecule has 1 N–H and O–H groups in total. The van der Waals surface area contributed by atoms with Gasteiger partial charge >= 0.3 is 0 Å². The van der Waals surface area contributed by atoms with Crippen molar-refractivity contribution in [2.45, 2.75) is 38.6 Å². The number of nitrogens with one attached hydrogen (secondary N) is 1. The molecule has 1 aromatic carbocycles. The number of hydrogen-bond acceptors (Lipinski definition) is 5. The van der Waals surface area contributed by atoms with Crippen molar-refractivity contribution in [3.8, 4) is 0 Å². The van der Waals surface area contributed by atoms with Crippen LogP contribution < -0.4 is 5.32 Å². The Kier molecular flexibility index (Phi) is 4.39. The van der Waals surface area contributed by atoms with E-state index in [9.17, 15) is 4.79 Å². The molecular weight excluding hydrogens is 354 g/mol. The molecule has 4 heterocycles. The minimum Gasteiger partial charge on any atom is -0.451 e. The molecule has 2 aliphatic heterocycles. The first-order chi connectivity index (χ1) is 13.7. The lowest BCUT2D eigenvalue weighted by Crippen LogP contribution is -2.40. The molecule has 5 rings (SSSR count). The Bertz CT molecular complexity index is 1020. The fraction of sp³-hybridized carbons (Fsp3) is 0.476. The molecule has 0 saturated carbocycles. The van der Waals surface area contributed by atoms with E-state index in [2.05, 4.69) is 20.1 Å². The van der Waals surface area contributed by atoms with Crippen LogP contribution in [0.1, 0.15) is 46.5 Å². The van der Waals surface area contributed by atoms with Crippen LogP contribution in [0.4, 0.5) is 0 Å². The van der Waals surface area contributed by atoms with E-state index in [1.165, 1.54) is 0 Å². The van der Waals surface area contributed by atoms with Crippen LogP contribution in [-0.2, 0) is 13.0 Å². The van der Waals surface area contributed by atoms with Gasteiger partial charge < -0.3 is 19.2 Å². The van der Waals surface area contributed by atoms with Crippen molar-refractivity contribution in [3.63, 3.8) is 0 Å². The number of aryl methyl sites for hydroxylation is 1. The highest BCUT2D eigenvalue weighted by Crippen LogP contribution is 2.30. The minimum absolute atomic E-state index is 0.0179. The van der Waals surface area contributed by atoms with E-state index in [1.54, 1.807) is 0 Å². The zero-order valence-corrected chi connectivity index (χ0v) is 16.1. The number of benzene rings is 1. The molecule has 1 atom stereocenters. The van der Waals surface area contributed by atoms with E-state index in [1.807, 2.05) is 36.1 Å². The molecule has 1 fully saturated rings. The standard InChI is InChI=1S/C21H25N5O2/c1-14-16-6-2-3-7-17(16)28-19(14)21(27)25-11-4-5-15(13-25)20-24-23-18-8-9-22-10-12-26(18)20/h2-3,6-7,15,22H,4-5,8-13H2,1H3/t15-/m1/s1. The Balaban J connectivity index is 1.40. The monoisotopic (exact) mass is 379 g/mol. The average Bonchev–Trinajstić information content (AvgIpc) is 3.20. The highest BCUT2D eigenvalue weighted by atomic mass is 16.3. The second-order valence-electron chi connectivity index (χ2n) is 7.77. The summed E-state index contributed by atoms with van der Waals surface area (Å²) >= 11 is 0. The van der Waals surface area contributed by atoms with Crippen molar-refractivity contribution in [2.75, 3.05) is 26.2 Å². The third-order valence-electron chi connectivity index (χ3n) is 6.01. The number of para-hydroxylation sites is 1. The topological polar surface area (TPSA) is 76.2 Å². The molecule has 1 saturated heterocycles. The van der Waals surface area contributed by atoms with Crippen LogP contribution in [0, 0.1) is 6.92 Å². The SMILES string of the molecule is Cc1c(C(=O)N2CCC[C@@H](c3nnc4n3CCNCC4)C2)oc2ccccc12. The van der Waals surface area contributed by atoms with Gasteiger partial charge in [0.05, 0.1) is 0 Å². The number of amides is 1. The first-order valence-electron chi connectivity index (χ1n) is 10.1. The van der Waals surface area contributed by atoms with Crippen molar-refractivity contribution in [1.29, 1.82) is 0 Å². The average molecular weight is 379 g/mol. The molecule has 28 heavy (non-hydrogen) atoms. The molecule has 2 aliphatic rings. The van der Waals surface area contributed by atoms with Crippen LogP contribution in [0.5, 0.6) is 0 Å². The summed E-state index contributed by atoms with van der Waals surface area (Å²) in [6.45, 7) is 6.16. The predicted molar refractivity (Wildman–Crippen MR) is 105 cm³/mol. The van der Waals surface area contributed by atoms with Crippen LogP contribution in [0.15, 0.2) is 28.7 Å². The number of fused-ring (bicyclic) bond motifs is 2. The summed E-state index contributed by atoms with van der Waals surface area (Å²) in [7, 11) is 0. The number of hydrogen-bond donors (Lipinski definition) is 1.